The van der Waals surface area contributed by atoms with Gasteiger partial charge in [-0.05, 0) is 18.2 Å². The summed E-state index contributed by atoms with van der Waals surface area (Å²) in [6, 6.07) is 8.45. The molecule has 0 radical (unpaired) electrons. The molecule has 0 fully saturated rings. The van der Waals surface area contributed by atoms with Gasteiger partial charge >= 0.3 is 5.63 Å². The van der Waals surface area contributed by atoms with Crippen LogP contribution in [-0.4, -0.2) is 0 Å². The second kappa shape index (κ2) is 3.37. The number of hydrogen-bond donors (Lipinski definition) is 0. The fraction of sp³-hybridized carbons (Fsp3) is 0. The summed E-state index contributed by atoms with van der Waals surface area (Å²) in [4.78, 5) is 10.9. The Morgan fingerprint density at radius 1 is 1.23 bits per heavy atom. The van der Waals surface area contributed by atoms with E-state index in [-0.39, 0.29) is 5.63 Å². The summed E-state index contributed by atoms with van der Waals surface area (Å²) in [7, 11) is 0. The molecule has 0 aliphatic heterocycles. The third-order valence-electron chi connectivity index (χ3n) is 1.68. The highest BCUT2D eigenvalue weighted by molar-refractivity contribution is 14.1. The first-order chi connectivity index (χ1) is 6.29. The largest absolute Gasteiger partial charge is 0.428 e. The van der Waals surface area contributed by atoms with E-state index in [1.165, 1.54) is 6.07 Å². The van der Waals surface area contributed by atoms with Gasteiger partial charge in [-0.3, -0.25) is 0 Å². The average molecular weight is 288 g/mol. The van der Waals surface area contributed by atoms with Crippen molar-refractivity contribution in [1.29, 1.82) is 0 Å². The Kier molecular flexibility index (Phi) is 2.22. The molecular formula is C9H5IO3. The predicted octanol–water partition coefficient (Wildman–Crippen LogP) is 2.52. The molecule has 0 atom stereocenters. The lowest BCUT2D eigenvalue weighted by Gasteiger charge is -1.98. The van der Waals surface area contributed by atoms with E-state index in [0.717, 1.165) is 5.39 Å². The highest BCUT2D eigenvalue weighted by atomic mass is 127. The predicted molar refractivity (Wildman–Crippen MR) is 57.1 cm³/mol. The van der Waals surface area contributed by atoms with Gasteiger partial charge in [0.2, 0.25) is 0 Å². The molecule has 0 unspecified atom stereocenters. The molecule has 0 spiro atoms. The van der Waals surface area contributed by atoms with E-state index >= 15 is 0 Å². The maximum absolute atomic E-state index is 10.9. The first-order valence-electron chi connectivity index (χ1n) is 3.62. The van der Waals surface area contributed by atoms with Gasteiger partial charge in [0.05, 0.1) is 0 Å². The molecule has 0 saturated carbocycles. The van der Waals surface area contributed by atoms with Crippen molar-refractivity contribution in [3.8, 4) is 5.75 Å². The molecule has 66 valence electrons. The van der Waals surface area contributed by atoms with Crippen LogP contribution >= 0.6 is 23.0 Å². The fourth-order valence-electron chi connectivity index (χ4n) is 1.09. The Hall–Kier alpha value is -1.04. The molecule has 2 rings (SSSR count). The lowest BCUT2D eigenvalue weighted by molar-refractivity contribution is 0.559. The molecule has 4 heteroatoms. The van der Waals surface area contributed by atoms with Crippen LogP contribution in [-0.2, 0) is 0 Å². The standard InChI is InChI=1S/C9H5IO3/c10-13-7-3-1-6-2-4-9(11)12-8(6)5-7/h1-5H. The molecule has 0 N–H and O–H groups in total. The molecule has 1 aromatic carbocycles. The fourth-order valence-corrected chi connectivity index (χ4v) is 1.36. The van der Waals surface area contributed by atoms with Gasteiger partial charge in [-0.25, -0.2) is 4.79 Å². The van der Waals surface area contributed by atoms with Crippen LogP contribution in [0.5, 0.6) is 5.75 Å². The monoisotopic (exact) mass is 288 g/mol. The van der Waals surface area contributed by atoms with Crippen molar-refractivity contribution in [1.82, 2.24) is 0 Å². The van der Waals surface area contributed by atoms with E-state index in [0.29, 0.717) is 11.3 Å². The van der Waals surface area contributed by atoms with Crippen LogP contribution in [0.1, 0.15) is 0 Å². The van der Waals surface area contributed by atoms with Crippen molar-refractivity contribution in [3.63, 3.8) is 0 Å². The SMILES string of the molecule is O=c1ccc2ccc(OI)cc2o1. The average Bonchev–Trinajstić information content (AvgIpc) is 2.16. The maximum Gasteiger partial charge on any atom is 0.336 e. The van der Waals surface area contributed by atoms with Gasteiger partial charge in [-0.1, -0.05) is 0 Å². The lowest BCUT2D eigenvalue weighted by Crippen LogP contribution is -1.93. The molecule has 0 amide bonds. The summed E-state index contributed by atoms with van der Waals surface area (Å²) in [6.45, 7) is 0. The summed E-state index contributed by atoms with van der Waals surface area (Å²) in [5.74, 6) is 0.669. The highest BCUT2D eigenvalue weighted by Crippen LogP contribution is 2.20. The Morgan fingerprint density at radius 2 is 2.00 bits per heavy atom. The minimum atomic E-state index is -0.349. The van der Waals surface area contributed by atoms with E-state index in [1.54, 1.807) is 35.1 Å². The quantitative estimate of drug-likeness (QED) is 0.598. The van der Waals surface area contributed by atoms with Gasteiger partial charge in [-0.15, -0.1) is 0 Å². The smallest absolute Gasteiger partial charge is 0.336 e. The number of rotatable bonds is 1. The van der Waals surface area contributed by atoms with Gasteiger partial charge < -0.3 is 7.48 Å². The van der Waals surface area contributed by atoms with Crippen molar-refractivity contribution in [2.75, 3.05) is 0 Å². The Balaban J connectivity index is 2.75. The number of halogens is 1. The first-order valence-corrected chi connectivity index (χ1v) is 4.50. The third kappa shape index (κ3) is 1.67. The Morgan fingerprint density at radius 3 is 2.77 bits per heavy atom. The van der Waals surface area contributed by atoms with Crippen LogP contribution < -0.4 is 8.69 Å². The second-order valence-electron chi connectivity index (χ2n) is 2.53. The molecule has 0 saturated heterocycles. The molecule has 1 heterocycles. The molecule has 3 nitrogen and oxygen atoms in total. The topological polar surface area (TPSA) is 39.4 Å². The van der Waals surface area contributed by atoms with Crippen LogP contribution in [0.4, 0.5) is 0 Å². The minimum Gasteiger partial charge on any atom is -0.428 e. The van der Waals surface area contributed by atoms with Crippen molar-refractivity contribution < 1.29 is 7.48 Å². The molecule has 1 aromatic heterocycles. The Labute approximate surface area is 88.0 Å². The van der Waals surface area contributed by atoms with Gasteiger partial charge in [-0.2, -0.15) is 0 Å². The summed E-state index contributed by atoms with van der Waals surface area (Å²) < 4.78 is 9.94. The van der Waals surface area contributed by atoms with Crippen molar-refractivity contribution in [2.45, 2.75) is 0 Å². The first kappa shape index (κ1) is 8.55. The second-order valence-corrected chi connectivity index (χ2v) is 2.97. The van der Waals surface area contributed by atoms with E-state index in [9.17, 15) is 4.79 Å². The van der Waals surface area contributed by atoms with E-state index < -0.39 is 0 Å². The zero-order valence-electron chi connectivity index (χ0n) is 6.49. The summed E-state index contributed by atoms with van der Waals surface area (Å²) >= 11 is 1.77. The zero-order valence-corrected chi connectivity index (χ0v) is 8.65. The van der Waals surface area contributed by atoms with Crippen LogP contribution in [0.2, 0.25) is 0 Å². The van der Waals surface area contributed by atoms with Crippen LogP contribution in [0.3, 0.4) is 0 Å². The van der Waals surface area contributed by atoms with Crippen LogP contribution in [0.25, 0.3) is 11.0 Å². The maximum atomic E-state index is 10.9. The van der Waals surface area contributed by atoms with Gasteiger partial charge in [0.15, 0.2) is 23.0 Å². The molecular weight excluding hydrogens is 283 g/mol. The normalized spacial score (nSPS) is 10.2. The van der Waals surface area contributed by atoms with Crippen LogP contribution in [0.15, 0.2) is 39.5 Å². The third-order valence-corrected chi connectivity index (χ3v) is 2.19. The number of fused-ring (bicyclic) bond motifs is 1. The minimum absolute atomic E-state index is 0.349. The van der Waals surface area contributed by atoms with Crippen LogP contribution in [0, 0.1) is 0 Å². The van der Waals surface area contributed by atoms with Crippen molar-refractivity contribution in [3.05, 3.63) is 40.8 Å². The highest BCUT2D eigenvalue weighted by Gasteiger charge is 1.98. The van der Waals surface area contributed by atoms with E-state index in [2.05, 4.69) is 0 Å². The molecule has 0 aliphatic carbocycles. The van der Waals surface area contributed by atoms with Crippen molar-refractivity contribution in [2.24, 2.45) is 0 Å². The van der Waals surface area contributed by atoms with Gasteiger partial charge in [0.25, 0.3) is 0 Å². The molecule has 2 aromatic rings. The van der Waals surface area contributed by atoms with Crippen molar-refractivity contribution >= 4 is 34.0 Å². The molecule has 13 heavy (non-hydrogen) atoms. The molecule has 0 bridgehead atoms. The summed E-state index contributed by atoms with van der Waals surface area (Å²) in [5, 5.41) is 0.886. The Bertz CT molecular complexity index is 489. The van der Waals surface area contributed by atoms with E-state index in [1.807, 2.05) is 12.1 Å². The zero-order chi connectivity index (χ0) is 9.26. The summed E-state index contributed by atoms with van der Waals surface area (Å²) in [6.07, 6.45) is 0. The van der Waals surface area contributed by atoms with Gasteiger partial charge in [0, 0.05) is 17.5 Å². The number of hydrogen-bond acceptors (Lipinski definition) is 3. The van der Waals surface area contributed by atoms with E-state index in [4.69, 9.17) is 7.48 Å². The van der Waals surface area contributed by atoms with Gasteiger partial charge in [0.1, 0.15) is 11.3 Å². The summed E-state index contributed by atoms with van der Waals surface area (Å²) in [5.41, 5.74) is 0.194. The number of benzene rings is 1. The molecule has 0 aliphatic rings. The lowest BCUT2D eigenvalue weighted by atomic mass is 10.2.